The number of carbonyl (C=O) groups is 3. The standard InChI is InChI=1S/C18H20N2O4/c1-11-9-18(2,3)19-14-8-12(4-5-13(11)14)24-17(23)10-20-15(21)6-7-16(20)22/h4-5,8-9,19H,6-7,10H2,1-3H3. The summed E-state index contributed by atoms with van der Waals surface area (Å²) in [6.07, 6.45) is 2.47. The van der Waals surface area contributed by atoms with Crippen LogP contribution < -0.4 is 10.1 Å². The summed E-state index contributed by atoms with van der Waals surface area (Å²) in [5.41, 5.74) is 2.91. The van der Waals surface area contributed by atoms with Crippen LogP contribution in [0.2, 0.25) is 0 Å². The Labute approximate surface area is 140 Å². The molecule has 1 fully saturated rings. The summed E-state index contributed by atoms with van der Waals surface area (Å²) in [4.78, 5) is 36.1. The lowest BCUT2D eigenvalue weighted by atomic mass is 9.91. The van der Waals surface area contributed by atoms with E-state index in [0.29, 0.717) is 5.75 Å². The fourth-order valence-corrected chi connectivity index (χ4v) is 3.13. The van der Waals surface area contributed by atoms with Gasteiger partial charge in [0.2, 0.25) is 11.8 Å². The van der Waals surface area contributed by atoms with Gasteiger partial charge in [0, 0.05) is 30.2 Å². The number of hydrogen-bond donors (Lipinski definition) is 1. The van der Waals surface area contributed by atoms with E-state index in [-0.39, 0.29) is 36.7 Å². The van der Waals surface area contributed by atoms with Crippen LogP contribution in [0.15, 0.2) is 24.3 Å². The first-order chi connectivity index (χ1) is 11.2. The summed E-state index contributed by atoms with van der Waals surface area (Å²) in [5, 5.41) is 3.38. The van der Waals surface area contributed by atoms with Crippen LogP contribution in [0, 0.1) is 0 Å². The second-order valence-electron chi connectivity index (χ2n) is 6.73. The van der Waals surface area contributed by atoms with Gasteiger partial charge >= 0.3 is 5.97 Å². The van der Waals surface area contributed by atoms with Crippen LogP contribution in [0.4, 0.5) is 5.69 Å². The van der Waals surface area contributed by atoms with Crippen molar-refractivity contribution in [3.8, 4) is 5.75 Å². The molecule has 1 saturated heterocycles. The third kappa shape index (κ3) is 3.18. The van der Waals surface area contributed by atoms with E-state index >= 15 is 0 Å². The van der Waals surface area contributed by atoms with Crippen LogP contribution in [-0.4, -0.2) is 34.8 Å². The number of nitrogens with zero attached hydrogens (tertiary/aromatic N) is 1. The highest BCUT2D eigenvalue weighted by Gasteiger charge is 2.31. The smallest absolute Gasteiger partial charge is 0.331 e. The summed E-state index contributed by atoms with van der Waals surface area (Å²) in [6, 6.07) is 5.36. The number of imide groups is 1. The van der Waals surface area contributed by atoms with Crippen molar-refractivity contribution in [1.29, 1.82) is 0 Å². The molecule has 0 unspecified atom stereocenters. The molecule has 0 bridgehead atoms. The summed E-state index contributed by atoms with van der Waals surface area (Å²) in [7, 11) is 0. The molecular formula is C18H20N2O4. The zero-order valence-corrected chi connectivity index (χ0v) is 14.0. The fraction of sp³-hybridized carbons (Fsp3) is 0.389. The Morgan fingerprint density at radius 2 is 1.92 bits per heavy atom. The molecule has 3 rings (SSSR count). The molecule has 2 aliphatic rings. The van der Waals surface area contributed by atoms with E-state index in [1.165, 1.54) is 0 Å². The van der Waals surface area contributed by atoms with E-state index in [4.69, 9.17) is 4.74 Å². The molecule has 0 saturated carbocycles. The van der Waals surface area contributed by atoms with Crippen LogP contribution in [0.1, 0.15) is 39.2 Å². The number of allylic oxidation sites excluding steroid dienone is 1. The largest absolute Gasteiger partial charge is 0.425 e. The van der Waals surface area contributed by atoms with Gasteiger partial charge in [-0.3, -0.25) is 14.5 Å². The van der Waals surface area contributed by atoms with Gasteiger partial charge < -0.3 is 10.1 Å². The van der Waals surface area contributed by atoms with Gasteiger partial charge in [0.25, 0.3) is 0 Å². The SMILES string of the molecule is CC1=CC(C)(C)Nc2cc(OC(=O)CN3C(=O)CCC3=O)ccc21. The Balaban J connectivity index is 1.73. The topological polar surface area (TPSA) is 75.7 Å². The average molecular weight is 328 g/mol. The van der Waals surface area contributed by atoms with Crippen molar-refractivity contribution < 1.29 is 19.1 Å². The van der Waals surface area contributed by atoms with Gasteiger partial charge in [-0.05, 0) is 38.5 Å². The van der Waals surface area contributed by atoms with Gasteiger partial charge in [-0.15, -0.1) is 0 Å². The van der Waals surface area contributed by atoms with Crippen molar-refractivity contribution in [1.82, 2.24) is 4.90 Å². The molecule has 24 heavy (non-hydrogen) atoms. The monoisotopic (exact) mass is 328 g/mol. The average Bonchev–Trinajstić information content (AvgIpc) is 2.77. The highest BCUT2D eigenvalue weighted by atomic mass is 16.5. The van der Waals surface area contributed by atoms with Gasteiger partial charge in [-0.1, -0.05) is 6.08 Å². The third-order valence-corrected chi connectivity index (χ3v) is 4.12. The molecule has 0 atom stereocenters. The summed E-state index contributed by atoms with van der Waals surface area (Å²) in [5.74, 6) is -0.894. The molecule has 0 spiro atoms. The van der Waals surface area contributed by atoms with Crippen molar-refractivity contribution >= 4 is 29.0 Å². The molecule has 0 radical (unpaired) electrons. The molecule has 0 aliphatic carbocycles. The van der Waals surface area contributed by atoms with Crippen molar-refractivity contribution in [3.63, 3.8) is 0 Å². The normalized spacial score (nSPS) is 18.8. The van der Waals surface area contributed by atoms with E-state index in [0.717, 1.165) is 21.7 Å². The number of amides is 2. The molecule has 1 N–H and O–H groups in total. The predicted molar refractivity (Wildman–Crippen MR) is 89.4 cm³/mol. The fourth-order valence-electron chi connectivity index (χ4n) is 3.13. The maximum absolute atomic E-state index is 12.0. The first-order valence-electron chi connectivity index (χ1n) is 7.91. The quantitative estimate of drug-likeness (QED) is 0.524. The number of rotatable bonds is 3. The molecule has 6 nitrogen and oxygen atoms in total. The third-order valence-electron chi connectivity index (χ3n) is 4.12. The van der Waals surface area contributed by atoms with E-state index in [1.807, 2.05) is 13.0 Å². The van der Waals surface area contributed by atoms with Gasteiger partial charge in [-0.25, -0.2) is 4.79 Å². The van der Waals surface area contributed by atoms with Crippen LogP contribution in [0.3, 0.4) is 0 Å². The minimum atomic E-state index is -0.624. The van der Waals surface area contributed by atoms with Crippen molar-refractivity contribution in [2.45, 2.75) is 39.2 Å². The summed E-state index contributed by atoms with van der Waals surface area (Å²) in [6.45, 7) is 5.82. The van der Waals surface area contributed by atoms with Crippen LogP contribution in [-0.2, 0) is 14.4 Å². The Kier molecular flexibility index (Phi) is 3.91. The first-order valence-corrected chi connectivity index (χ1v) is 7.91. The lowest BCUT2D eigenvalue weighted by Crippen LogP contribution is -2.36. The maximum Gasteiger partial charge on any atom is 0.331 e. The molecule has 1 aromatic carbocycles. The van der Waals surface area contributed by atoms with Gasteiger partial charge in [-0.2, -0.15) is 0 Å². The number of hydrogen-bond acceptors (Lipinski definition) is 5. The molecule has 2 amide bonds. The number of fused-ring (bicyclic) bond motifs is 1. The van der Waals surface area contributed by atoms with E-state index < -0.39 is 5.97 Å². The van der Waals surface area contributed by atoms with Gasteiger partial charge in [0.05, 0.1) is 5.54 Å². The van der Waals surface area contributed by atoms with Gasteiger partial charge in [0.15, 0.2) is 0 Å². The highest BCUT2D eigenvalue weighted by molar-refractivity contribution is 6.04. The highest BCUT2D eigenvalue weighted by Crippen LogP contribution is 2.35. The van der Waals surface area contributed by atoms with Crippen LogP contribution in [0.5, 0.6) is 5.75 Å². The van der Waals surface area contributed by atoms with Crippen LogP contribution in [0.25, 0.3) is 5.57 Å². The van der Waals surface area contributed by atoms with Gasteiger partial charge in [0.1, 0.15) is 12.3 Å². The van der Waals surface area contributed by atoms with Crippen molar-refractivity contribution in [3.05, 3.63) is 29.8 Å². The number of carbonyl (C=O) groups excluding carboxylic acids is 3. The van der Waals surface area contributed by atoms with E-state index in [9.17, 15) is 14.4 Å². The number of likely N-dealkylation sites (tertiary alicyclic amines) is 1. The molecule has 2 aliphatic heterocycles. The number of esters is 1. The van der Waals surface area contributed by atoms with Crippen molar-refractivity contribution in [2.24, 2.45) is 0 Å². The minimum Gasteiger partial charge on any atom is -0.425 e. The van der Waals surface area contributed by atoms with Crippen molar-refractivity contribution in [2.75, 3.05) is 11.9 Å². The maximum atomic E-state index is 12.0. The first kappa shape index (κ1) is 16.2. The second-order valence-corrected chi connectivity index (χ2v) is 6.73. The minimum absolute atomic E-state index is 0.162. The molecule has 126 valence electrons. The summed E-state index contributed by atoms with van der Waals surface area (Å²) >= 11 is 0. The van der Waals surface area contributed by atoms with E-state index in [1.54, 1.807) is 12.1 Å². The van der Waals surface area contributed by atoms with Crippen LogP contribution >= 0.6 is 0 Å². The zero-order valence-electron chi connectivity index (χ0n) is 14.0. The lowest BCUT2D eigenvalue weighted by Gasteiger charge is -2.31. The molecule has 6 heteroatoms. The molecular weight excluding hydrogens is 308 g/mol. The number of anilines is 1. The second kappa shape index (κ2) is 5.78. The van der Waals surface area contributed by atoms with E-state index in [2.05, 4.69) is 25.2 Å². The molecule has 1 aromatic rings. The Morgan fingerprint density at radius 3 is 2.58 bits per heavy atom. The summed E-state index contributed by atoms with van der Waals surface area (Å²) < 4.78 is 5.30. The molecule has 0 aromatic heterocycles. The molecule has 2 heterocycles. The number of ether oxygens (including phenoxy) is 1. The Bertz CT molecular complexity index is 748. The Hall–Kier alpha value is -2.63. The number of benzene rings is 1. The predicted octanol–water partition coefficient (Wildman–Crippen LogP) is 2.35. The number of nitrogens with one attached hydrogen (secondary N) is 1. The lowest BCUT2D eigenvalue weighted by molar-refractivity contribution is -0.147. The zero-order chi connectivity index (χ0) is 17.5. The Morgan fingerprint density at radius 1 is 1.25 bits per heavy atom.